The van der Waals surface area contributed by atoms with Gasteiger partial charge in [-0.1, -0.05) is 0 Å². The highest BCUT2D eigenvalue weighted by Crippen LogP contribution is 2.20. The van der Waals surface area contributed by atoms with Crippen LogP contribution in [0.2, 0.25) is 0 Å². The summed E-state index contributed by atoms with van der Waals surface area (Å²) < 4.78 is 0. The van der Waals surface area contributed by atoms with Crippen molar-refractivity contribution in [3.63, 3.8) is 0 Å². The number of aromatic nitrogens is 1. The normalized spacial score (nSPS) is 10.2. The second kappa shape index (κ2) is 5.10. The summed E-state index contributed by atoms with van der Waals surface area (Å²) in [6.45, 7) is 4.51. The minimum atomic E-state index is -0.00240. The van der Waals surface area contributed by atoms with Crippen LogP contribution in [0.15, 0.2) is 30.6 Å². The molecule has 3 nitrogen and oxygen atoms in total. The van der Waals surface area contributed by atoms with Gasteiger partial charge in [-0.3, -0.25) is 9.78 Å². The molecule has 1 N–H and O–H groups in total. The van der Waals surface area contributed by atoms with E-state index in [2.05, 4.69) is 10.3 Å². The van der Waals surface area contributed by atoms with Crippen LogP contribution in [0.3, 0.4) is 0 Å². The molecule has 0 radical (unpaired) electrons. The average molecular weight is 246 g/mol. The molecule has 0 aliphatic rings. The van der Waals surface area contributed by atoms with E-state index in [0.29, 0.717) is 6.54 Å². The van der Waals surface area contributed by atoms with Gasteiger partial charge in [0.25, 0.3) is 5.91 Å². The van der Waals surface area contributed by atoms with Gasteiger partial charge in [-0.05, 0) is 43.2 Å². The van der Waals surface area contributed by atoms with Crippen LogP contribution in [-0.4, -0.2) is 10.9 Å². The molecular weight excluding hydrogens is 232 g/mol. The Morgan fingerprint density at radius 3 is 2.65 bits per heavy atom. The fourth-order valence-corrected chi connectivity index (χ4v) is 2.57. The Hall–Kier alpha value is -1.68. The van der Waals surface area contributed by atoms with E-state index in [1.165, 1.54) is 11.3 Å². The zero-order chi connectivity index (χ0) is 12.3. The van der Waals surface area contributed by atoms with Crippen molar-refractivity contribution < 1.29 is 4.79 Å². The highest BCUT2D eigenvalue weighted by molar-refractivity contribution is 7.14. The Morgan fingerprint density at radius 1 is 1.35 bits per heavy atom. The Balaban J connectivity index is 2.01. The molecule has 0 aliphatic heterocycles. The fraction of sp³-hybridized carbons (Fsp3) is 0.231. The van der Waals surface area contributed by atoms with Crippen LogP contribution in [0.5, 0.6) is 0 Å². The van der Waals surface area contributed by atoms with E-state index in [1.807, 2.05) is 32.0 Å². The van der Waals surface area contributed by atoms with E-state index in [-0.39, 0.29) is 5.91 Å². The van der Waals surface area contributed by atoms with Crippen LogP contribution >= 0.6 is 11.3 Å². The van der Waals surface area contributed by atoms with Gasteiger partial charge in [-0.15, -0.1) is 11.3 Å². The third-order valence-electron chi connectivity index (χ3n) is 2.45. The number of aryl methyl sites for hydroxylation is 2. The molecule has 0 unspecified atom stereocenters. The third-order valence-corrected chi connectivity index (χ3v) is 3.60. The SMILES string of the molecule is Cc1cc(C)c(C(=O)NCc2ccncc2)s1. The van der Waals surface area contributed by atoms with Gasteiger partial charge in [0.05, 0.1) is 4.88 Å². The van der Waals surface area contributed by atoms with Gasteiger partial charge in [-0.25, -0.2) is 0 Å². The lowest BCUT2D eigenvalue weighted by Gasteiger charge is -2.04. The Labute approximate surface area is 105 Å². The second-order valence-electron chi connectivity index (χ2n) is 3.91. The zero-order valence-corrected chi connectivity index (χ0v) is 10.7. The quantitative estimate of drug-likeness (QED) is 0.904. The Morgan fingerprint density at radius 2 is 2.06 bits per heavy atom. The number of hydrogen-bond acceptors (Lipinski definition) is 3. The van der Waals surface area contributed by atoms with Gasteiger partial charge in [0.1, 0.15) is 0 Å². The Kier molecular flexibility index (Phi) is 3.54. The van der Waals surface area contributed by atoms with E-state index < -0.39 is 0 Å². The van der Waals surface area contributed by atoms with Gasteiger partial charge in [0.2, 0.25) is 0 Å². The number of nitrogens with one attached hydrogen (secondary N) is 1. The van der Waals surface area contributed by atoms with E-state index in [9.17, 15) is 4.79 Å². The summed E-state index contributed by atoms with van der Waals surface area (Å²) in [5, 5.41) is 2.91. The molecule has 2 rings (SSSR count). The monoisotopic (exact) mass is 246 g/mol. The summed E-state index contributed by atoms with van der Waals surface area (Å²) in [6.07, 6.45) is 3.45. The van der Waals surface area contributed by atoms with Crippen molar-refractivity contribution in [2.45, 2.75) is 20.4 Å². The maximum atomic E-state index is 11.9. The summed E-state index contributed by atoms with van der Waals surface area (Å²) in [7, 11) is 0. The maximum absolute atomic E-state index is 11.9. The first-order chi connectivity index (χ1) is 8.16. The largest absolute Gasteiger partial charge is 0.347 e. The summed E-state index contributed by atoms with van der Waals surface area (Å²) in [5.74, 6) is -0.00240. The summed E-state index contributed by atoms with van der Waals surface area (Å²) in [4.78, 5) is 17.8. The molecule has 2 aromatic heterocycles. The molecule has 0 fully saturated rings. The first-order valence-electron chi connectivity index (χ1n) is 5.41. The minimum Gasteiger partial charge on any atom is -0.347 e. The fourth-order valence-electron chi connectivity index (χ4n) is 1.63. The molecule has 0 spiro atoms. The molecule has 1 amide bonds. The zero-order valence-electron chi connectivity index (χ0n) is 9.86. The van der Waals surface area contributed by atoms with Crippen molar-refractivity contribution in [2.75, 3.05) is 0 Å². The second-order valence-corrected chi connectivity index (χ2v) is 5.16. The molecule has 17 heavy (non-hydrogen) atoms. The summed E-state index contributed by atoms with van der Waals surface area (Å²) >= 11 is 1.53. The standard InChI is InChI=1S/C13H14N2OS/c1-9-7-10(2)17-12(9)13(16)15-8-11-3-5-14-6-4-11/h3-7H,8H2,1-2H3,(H,15,16). The molecule has 2 aromatic rings. The molecule has 0 aromatic carbocycles. The molecule has 0 aliphatic carbocycles. The molecule has 2 heterocycles. The summed E-state index contributed by atoms with van der Waals surface area (Å²) in [6, 6.07) is 5.83. The average Bonchev–Trinajstić information content (AvgIpc) is 2.67. The van der Waals surface area contributed by atoms with Crippen LogP contribution in [0.1, 0.15) is 25.7 Å². The first-order valence-corrected chi connectivity index (χ1v) is 6.22. The Bertz CT molecular complexity index is 519. The van der Waals surface area contributed by atoms with Crippen molar-refractivity contribution in [3.8, 4) is 0 Å². The van der Waals surface area contributed by atoms with Crippen LogP contribution in [0, 0.1) is 13.8 Å². The number of hydrogen-bond donors (Lipinski definition) is 1. The lowest BCUT2D eigenvalue weighted by atomic mass is 10.2. The first kappa shape index (κ1) is 11.8. The van der Waals surface area contributed by atoms with Crippen LogP contribution in [-0.2, 0) is 6.54 Å². The maximum Gasteiger partial charge on any atom is 0.261 e. The predicted octanol–water partition coefficient (Wildman–Crippen LogP) is 2.69. The van der Waals surface area contributed by atoms with Gasteiger partial charge in [0, 0.05) is 23.8 Å². The van der Waals surface area contributed by atoms with Gasteiger partial charge < -0.3 is 5.32 Å². The van der Waals surface area contributed by atoms with E-state index >= 15 is 0 Å². The number of carbonyl (C=O) groups is 1. The number of nitrogens with zero attached hydrogens (tertiary/aromatic N) is 1. The highest BCUT2D eigenvalue weighted by Gasteiger charge is 2.11. The van der Waals surface area contributed by atoms with Gasteiger partial charge >= 0.3 is 0 Å². The van der Waals surface area contributed by atoms with Crippen molar-refractivity contribution in [2.24, 2.45) is 0 Å². The van der Waals surface area contributed by atoms with E-state index in [0.717, 1.165) is 20.9 Å². The third kappa shape index (κ3) is 2.91. The molecule has 88 valence electrons. The number of rotatable bonds is 3. The van der Waals surface area contributed by atoms with Crippen LogP contribution < -0.4 is 5.32 Å². The molecule has 0 saturated heterocycles. The van der Waals surface area contributed by atoms with E-state index in [4.69, 9.17) is 0 Å². The van der Waals surface area contributed by atoms with Crippen molar-refractivity contribution >= 4 is 17.2 Å². The van der Waals surface area contributed by atoms with E-state index in [1.54, 1.807) is 12.4 Å². The molecule has 0 atom stereocenters. The lowest BCUT2D eigenvalue weighted by molar-refractivity contribution is 0.0954. The van der Waals surface area contributed by atoms with Crippen molar-refractivity contribution in [1.29, 1.82) is 0 Å². The predicted molar refractivity (Wildman–Crippen MR) is 69.2 cm³/mol. The lowest BCUT2D eigenvalue weighted by Crippen LogP contribution is -2.22. The molecule has 0 saturated carbocycles. The van der Waals surface area contributed by atoms with Crippen LogP contribution in [0.4, 0.5) is 0 Å². The van der Waals surface area contributed by atoms with Gasteiger partial charge in [-0.2, -0.15) is 0 Å². The topological polar surface area (TPSA) is 42.0 Å². The highest BCUT2D eigenvalue weighted by atomic mass is 32.1. The smallest absolute Gasteiger partial charge is 0.261 e. The summed E-state index contributed by atoms with van der Waals surface area (Å²) in [5.41, 5.74) is 2.10. The number of carbonyl (C=O) groups excluding carboxylic acids is 1. The number of amides is 1. The van der Waals surface area contributed by atoms with Crippen molar-refractivity contribution in [1.82, 2.24) is 10.3 Å². The van der Waals surface area contributed by atoms with Crippen molar-refractivity contribution in [3.05, 3.63) is 51.5 Å². The van der Waals surface area contributed by atoms with Gasteiger partial charge in [0.15, 0.2) is 0 Å². The number of pyridine rings is 1. The number of thiophene rings is 1. The van der Waals surface area contributed by atoms with Crippen LogP contribution in [0.25, 0.3) is 0 Å². The molecule has 4 heteroatoms. The minimum absolute atomic E-state index is 0.00240. The molecular formula is C13H14N2OS. The molecule has 0 bridgehead atoms.